The van der Waals surface area contributed by atoms with Crippen molar-refractivity contribution in [3.05, 3.63) is 23.0 Å². The number of rotatable bonds is 46. The normalized spacial score (nSPS) is 13.6. The second kappa shape index (κ2) is 44.1. The molecule has 57 heavy (non-hydrogen) atoms. The van der Waals surface area contributed by atoms with Gasteiger partial charge in [0, 0.05) is 12.8 Å². The topological polar surface area (TPSA) is 64.6 Å². The molecule has 0 spiro atoms. The van der Waals surface area contributed by atoms with Crippen molar-refractivity contribution >= 4 is 0 Å². The van der Waals surface area contributed by atoms with Crippen molar-refractivity contribution in [3.8, 4) is 0 Å². The number of unbranched alkanes of at least 4 members (excludes halogenated alkanes) is 18. The van der Waals surface area contributed by atoms with Gasteiger partial charge in [-0.25, -0.2) is 0 Å². The monoisotopic (exact) mass is 811 g/mol. The lowest BCUT2D eigenvalue weighted by molar-refractivity contribution is -0.167. The summed E-state index contributed by atoms with van der Waals surface area (Å²) in [6, 6.07) is 0. The van der Waals surface area contributed by atoms with Gasteiger partial charge >= 0.3 is 0 Å². The van der Waals surface area contributed by atoms with Crippen molar-refractivity contribution in [2.75, 3.05) is 40.0 Å². The maximum Gasteiger partial charge on any atom is 0.162 e. The molecular weight excluding hydrogens is 713 g/mol. The van der Waals surface area contributed by atoms with Gasteiger partial charge in [0.05, 0.1) is 26.4 Å². The molecule has 0 radical (unpaired) electrons. The fourth-order valence-corrected chi connectivity index (χ4v) is 6.81. The molecule has 2 atom stereocenters. The third-order valence-electron chi connectivity index (χ3n) is 10.5. The van der Waals surface area contributed by atoms with E-state index in [-0.39, 0.29) is 25.8 Å². The lowest BCUT2D eigenvalue weighted by atomic mass is 10.0. The van der Waals surface area contributed by atoms with Gasteiger partial charge < -0.3 is 33.2 Å². The molecule has 340 valence electrons. The maximum atomic E-state index is 6.56. The Morgan fingerprint density at radius 1 is 0.316 bits per heavy atom. The Labute approximate surface area is 355 Å². The van der Waals surface area contributed by atoms with E-state index in [1.165, 1.54) is 89.9 Å². The van der Waals surface area contributed by atoms with Crippen molar-refractivity contribution in [2.45, 2.75) is 260 Å². The molecule has 0 heterocycles. The van der Waals surface area contributed by atoms with Gasteiger partial charge in [-0.3, -0.25) is 0 Å². The van der Waals surface area contributed by atoms with Crippen LogP contribution in [0, 0.1) is 0 Å². The first-order valence-corrected chi connectivity index (χ1v) is 24.9. The standard InChI is InChI=1S/C50H98O7/c1-9-17-23-25-27-29-31-33-37-47(52-39-19-11-3)49(54-41-21-13-5)45(35-15-7)56-43-51-44-57-46(36-16-8)50(55-42-22-14-6)48(53-40-20-12-4)38-34-32-30-28-26-24-18-10-2/h45-46H,9-44H2,1-8H3. The summed E-state index contributed by atoms with van der Waals surface area (Å²) < 4.78 is 45.3. The summed E-state index contributed by atoms with van der Waals surface area (Å²) in [6.07, 6.45) is 34.0. The molecule has 0 aromatic heterocycles. The van der Waals surface area contributed by atoms with Gasteiger partial charge in [0.1, 0.15) is 23.7 Å². The van der Waals surface area contributed by atoms with Crippen molar-refractivity contribution in [1.29, 1.82) is 0 Å². The van der Waals surface area contributed by atoms with E-state index in [2.05, 4.69) is 55.4 Å². The van der Waals surface area contributed by atoms with Gasteiger partial charge in [0.15, 0.2) is 25.1 Å². The maximum absolute atomic E-state index is 6.56. The van der Waals surface area contributed by atoms with Crippen LogP contribution in [0.4, 0.5) is 0 Å². The van der Waals surface area contributed by atoms with Crippen LogP contribution in [0.15, 0.2) is 23.0 Å². The van der Waals surface area contributed by atoms with Crippen molar-refractivity contribution in [2.24, 2.45) is 0 Å². The Morgan fingerprint density at radius 2 is 0.614 bits per heavy atom. The molecule has 0 aromatic rings. The van der Waals surface area contributed by atoms with Crippen LogP contribution < -0.4 is 0 Å². The van der Waals surface area contributed by atoms with Gasteiger partial charge in [0.25, 0.3) is 0 Å². The van der Waals surface area contributed by atoms with Crippen LogP contribution in [-0.2, 0) is 33.2 Å². The Morgan fingerprint density at radius 3 is 0.930 bits per heavy atom. The summed E-state index contributed by atoms with van der Waals surface area (Å²) in [4.78, 5) is 0. The van der Waals surface area contributed by atoms with E-state index in [0.29, 0.717) is 26.4 Å². The lowest BCUT2D eigenvalue weighted by Crippen LogP contribution is -2.25. The molecule has 0 aromatic carbocycles. The molecule has 0 bridgehead atoms. The quantitative estimate of drug-likeness (QED) is 0.0345. The third kappa shape index (κ3) is 32.1. The summed E-state index contributed by atoms with van der Waals surface area (Å²) in [7, 11) is 0. The van der Waals surface area contributed by atoms with Crippen molar-refractivity contribution < 1.29 is 33.2 Å². The molecule has 0 N–H and O–H groups in total. The van der Waals surface area contributed by atoms with Gasteiger partial charge in [-0.05, 0) is 51.4 Å². The van der Waals surface area contributed by atoms with E-state index < -0.39 is 0 Å². The van der Waals surface area contributed by atoms with E-state index in [1.807, 2.05) is 0 Å². The molecule has 0 aliphatic heterocycles. The van der Waals surface area contributed by atoms with Crippen molar-refractivity contribution in [3.63, 3.8) is 0 Å². The molecule has 0 fully saturated rings. The first kappa shape index (κ1) is 55.6. The fraction of sp³-hybridized carbons (Fsp3) is 0.920. The first-order chi connectivity index (χ1) is 28.1. The second-order valence-electron chi connectivity index (χ2n) is 16.2. The smallest absolute Gasteiger partial charge is 0.162 e. The predicted octanol–water partition coefficient (Wildman–Crippen LogP) is 16.0. The summed E-state index contributed by atoms with van der Waals surface area (Å²) >= 11 is 0. The number of ether oxygens (including phenoxy) is 7. The lowest BCUT2D eigenvalue weighted by Gasteiger charge is -2.26. The SMILES string of the molecule is CCCCCCCCCCC(OCCCC)=C(OCCCC)C(CCC)OCOCOC(CCC)C(OCCCC)=C(CCCCCCCCCC)OCCCC. The molecule has 0 saturated carbocycles. The molecule has 0 rings (SSSR count). The number of hydrogen-bond donors (Lipinski definition) is 0. The Bertz CT molecular complexity index is 818. The minimum atomic E-state index is -0.220. The molecule has 7 nitrogen and oxygen atoms in total. The summed E-state index contributed by atoms with van der Waals surface area (Å²) in [5.41, 5.74) is 0. The van der Waals surface area contributed by atoms with Gasteiger partial charge in [-0.1, -0.05) is 184 Å². The Hall–Kier alpha value is -1.44. The molecular formula is C50H98O7. The average molecular weight is 811 g/mol. The summed E-state index contributed by atoms with van der Waals surface area (Å²) in [5, 5.41) is 0. The molecule has 7 heteroatoms. The van der Waals surface area contributed by atoms with Crippen LogP contribution >= 0.6 is 0 Å². The van der Waals surface area contributed by atoms with Crippen LogP contribution in [0.25, 0.3) is 0 Å². The highest BCUT2D eigenvalue weighted by Gasteiger charge is 2.25. The van der Waals surface area contributed by atoms with Gasteiger partial charge in [-0.2, -0.15) is 0 Å². The highest BCUT2D eigenvalue weighted by atomic mass is 16.7. The van der Waals surface area contributed by atoms with Gasteiger partial charge in [0.2, 0.25) is 0 Å². The third-order valence-corrected chi connectivity index (χ3v) is 10.5. The zero-order valence-electron chi connectivity index (χ0n) is 39.5. The summed E-state index contributed by atoms with van der Waals surface area (Å²) in [5.74, 6) is 3.72. The van der Waals surface area contributed by atoms with E-state index in [4.69, 9.17) is 33.2 Å². The zero-order chi connectivity index (χ0) is 41.9. The van der Waals surface area contributed by atoms with Crippen LogP contribution in [0.1, 0.15) is 248 Å². The zero-order valence-corrected chi connectivity index (χ0v) is 39.5. The highest BCUT2D eigenvalue weighted by molar-refractivity contribution is 5.09. The van der Waals surface area contributed by atoms with E-state index in [9.17, 15) is 0 Å². The molecule has 0 aliphatic carbocycles. The van der Waals surface area contributed by atoms with Crippen LogP contribution in [0.3, 0.4) is 0 Å². The average Bonchev–Trinajstić information content (AvgIpc) is 3.21. The van der Waals surface area contributed by atoms with Crippen LogP contribution in [0.5, 0.6) is 0 Å². The minimum absolute atomic E-state index is 0.123. The second-order valence-corrected chi connectivity index (χ2v) is 16.2. The van der Waals surface area contributed by atoms with Crippen LogP contribution in [-0.4, -0.2) is 52.2 Å². The Kier molecular flexibility index (Phi) is 43.0. The Balaban J connectivity index is 5.89. The number of hydrogen-bond acceptors (Lipinski definition) is 7. The minimum Gasteiger partial charge on any atom is -0.494 e. The summed E-state index contributed by atoms with van der Waals surface area (Å²) in [6.45, 7) is 20.8. The predicted molar refractivity (Wildman–Crippen MR) is 242 cm³/mol. The molecule has 0 amide bonds. The van der Waals surface area contributed by atoms with Gasteiger partial charge in [-0.15, -0.1) is 0 Å². The van der Waals surface area contributed by atoms with E-state index >= 15 is 0 Å². The van der Waals surface area contributed by atoms with E-state index in [1.54, 1.807) is 0 Å². The largest absolute Gasteiger partial charge is 0.494 e. The highest BCUT2D eigenvalue weighted by Crippen LogP contribution is 2.27. The fourth-order valence-electron chi connectivity index (χ4n) is 6.81. The number of allylic oxidation sites excluding steroid dienone is 2. The molecule has 0 aliphatic rings. The molecule has 2 unspecified atom stereocenters. The van der Waals surface area contributed by atoms with Crippen molar-refractivity contribution in [1.82, 2.24) is 0 Å². The van der Waals surface area contributed by atoms with Crippen LogP contribution in [0.2, 0.25) is 0 Å². The first-order valence-electron chi connectivity index (χ1n) is 24.9. The van der Waals surface area contributed by atoms with E-state index in [0.717, 1.165) is 126 Å². The molecule has 0 saturated heterocycles.